The molecule has 102 valence electrons. The molecule has 3 nitrogen and oxygen atoms in total. The topological polar surface area (TPSA) is 32.7 Å². The van der Waals surface area contributed by atoms with Gasteiger partial charge in [-0.1, -0.05) is 13.8 Å². The van der Waals surface area contributed by atoms with Crippen molar-refractivity contribution in [2.24, 2.45) is 5.41 Å². The fraction of sp³-hybridized carbons (Fsp3) is 0.538. The maximum Gasteiger partial charge on any atom is 0.167 e. The van der Waals surface area contributed by atoms with E-state index in [4.69, 9.17) is 4.74 Å². The number of aliphatic hydroxyl groups is 1. The summed E-state index contributed by atoms with van der Waals surface area (Å²) in [6, 6.07) is 2.12. The number of aliphatic hydroxyl groups excluding tert-OH is 1. The number of hydrogen-bond acceptors (Lipinski definition) is 3. The van der Waals surface area contributed by atoms with Gasteiger partial charge in [0, 0.05) is 37.7 Å². The summed E-state index contributed by atoms with van der Waals surface area (Å²) in [7, 11) is 2.94. The van der Waals surface area contributed by atoms with Crippen molar-refractivity contribution in [3.63, 3.8) is 0 Å². The Hall–Kier alpha value is -1.36. The highest BCUT2D eigenvalue weighted by Crippen LogP contribution is 2.28. The Labute approximate surface area is 106 Å². The fourth-order valence-corrected chi connectivity index (χ4v) is 1.74. The maximum absolute atomic E-state index is 13.8. The monoisotopic (exact) mass is 259 g/mol. The molecule has 1 aromatic rings. The zero-order valence-electron chi connectivity index (χ0n) is 11.1. The summed E-state index contributed by atoms with van der Waals surface area (Å²) in [6.45, 7) is 4.08. The van der Waals surface area contributed by atoms with E-state index in [0.717, 1.165) is 12.1 Å². The SMILES string of the molecule is COc1cc(F)c(N(C)CC(C)(C)CO)cc1F. The molecule has 0 heterocycles. The van der Waals surface area contributed by atoms with Crippen LogP contribution in [0.3, 0.4) is 0 Å². The first-order chi connectivity index (χ1) is 8.30. The molecule has 5 heteroatoms. The minimum absolute atomic E-state index is 0.0302. The predicted octanol–water partition coefficient (Wildman–Crippen LogP) is 2.43. The third-order valence-electron chi connectivity index (χ3n) is 2.73. The molecule has 0 unspecified atom stereocenters. The second kappa shape index (κ2) is 5.52. The van der Waals surface area contributed by atoms with Crippen LogP contribution in [0.2, 0.25) is 0 Å². The van der Waals surface area contributed by atoms with Crippen molar-refractivity contribution in [1.82, 2.24) is 0 Å². The lowest BCUT2D eigenvalue weighted by Gasteiger charge is -2.30. The highest BCUT2D eigenvalue weighted by atomic mass is 19.1. The van der Waals surface area contributed by atoms with E-state index >= 15 is 0 Å². The second-order valence-corrected chi connectivity index (χ2v) is 5.12. The summed E-state index contributed by atoms with van der Waals surface area (Å²) in [5, 5.41) is 9.18. The van der Waals surface area contributed by atoms with Gasteiger partial charge in [0.15, 0.2) is 11.6 Å². The Bertz CT molecular complexity index is 422. The van der Waals surface area contributed by atoms with Crippen molar-refractivity contribution >= 4 is 5.69 Å². The van der Waals surface area contributed by atoms with Crippen LogP contribution >= 0.6 is 0 Å². The number of ether oxygens (including phenoxy) is 1. The van der Waals surface area contributed by atoms with E-state index < -0.39 is 17.0 Å². The molecular formula is C13H19F2NO2. The number of hydrogen-bond donors (Lipinski definition) is 1. The van der Waals surface area contributed by atoms with Gasteiger partial charge in [-0.15, -0.1) is 0 Å². The molecule has 0 aromatic heterocycles. The first kappa shape index (κ1) is 14.7. The third kappa shape index (κ3) is 3.32. The van der Waals surface area contributed by atoms with E-state index in [1.54, 1.807) is 11.9 Å². The van der Waals surface area contributed by atoms with Gasteiger partial charge in [0.2, 0.25) is 0 Å². The average Bonchev–Trinajstić information content (AvgIpc) is 2.30. The van der Waals surface area contributed by atoms with Crippen LogP contribution in [-0.4, -0.2) is 32.4 Å². The molecular weight excluding hydrogens is 240 g/mol. The van der Waals surface area contributed by atoms with Crippen LogP contribution < -0.4 is 9.64 Å². The minimum Gasteiger partial charge on any atom is -0.494 e. The van der Waals surface area contributed by atoms with Crippen molar-refractivity contribution in [2.45, 2.75) is 13.8 Å². The normalized spacial score (nSPS) is 11.5. The molecule has 0 aliphatic rings. The molecule has 0 amide bonds. The summed E-state index contributed by atoms with van der Waals surface area (Å²) in [5.74, 6) is -1.28. The predicted molar refractivity (Wildman–Crippen MR) is 67.0 cm³/mol. The van der Waals surface area contributed by atoms with E-state index in [-0.39, 0.29) is 18.0 Å². The molecule has 0 atom stereocenters. The van der Waals surface area contributed by atoms with E-state index in [9.17, 15) is 13.9 Å². The minimum atomic E-state index is -0.609. The highest BCUT2D eigenvalue weighted by Gasteiger charge is 2.22. The summed E-state index contributed by atoms with van der Waals surface area (Å²) in [6.07, 6.45) is 0. The Morgan fingerprint density at radius 3 is 2.39 bits per heavy atom. The molecule has 0 bridgehead atoms. The number of benzene rings is 1. The van der Waals surface area contributed by atoms with Crippen molar-refractivity contribution in [2.75, 3.05) is 32.2 Å². The van der Waals surface area contributed by atoms with Crippen molar-refractivity contribution in [1.29, 1.82) is 0 Å². The number of halogens is 2. The molecule has 18 heavy (non-hydrogen) atoms. The number of anilines is 1. The fourth-order valence-electron chi connectivity index (χ4n) is 1.74. The molecule has 0 aliphatic heterocycles. The standard InChI is InChI=1S/C13H19F2NO2/c1-13(2,8-17)7-16(3)11-5-10(15)12(18-4)6-9(11)14/h5-6,17H,7-8H2,1-4H3. The number of nitrogens with zero attached hydrogens (tertiary/aromatic N) is 1. The highest BCUT2D eigenvalue weighted by molar-refractivity contribution is 5.51. The van der Waals surface area contributed by atoms with Crippen molar-refractivity contribution in [3.05, 3.63) is 23.8 Å². The molecule has 0 aliphatic carbocycles. The molecule has 0 saturated heterocycles. The van der Waals surface area contributed by atoms with Crippen LogP contribution in [0.5, 0.6) is 5.75 Å². The van der Waals surface area contributed by atoms with E-state index in [2.05, 4.69) is 0 Å². The lowest BCUT2D eigenvalue weighted by Crippen LogP contribution is -2.34. The molecule has 1 rings (SSSR count). The Kier molecular flexibility index (Phi) is 4.51. The van der Waals surface area contributed by atoms with Crippen LogP contribution in [-0.2, 0) is 0 Å². The second-order valence-electron chi connectivity index (χ2n) is 5.12. The van der Waals surface area contributed by atoms with Gasteiger partial charge in [0.05, 0.1) is 12.8 Å². The summed E-state index contributed by atoms with van der Waals surface area (Å²) < 4.78 is 32.0. The lowest BCUT2D eigenvalue weighted by atomic mass is 9.94. The summed E-state index contributed by atoms with van der Waals surface area (Å²) in [4.78, 5) is 1.58. The lowest BCUT2D eigenvalue weighted by molar-refractivity contribution is 0.165. The van der Waals surface area contributed by atoms with Crippen molar-refractivity contribution < 1.29 is 18.6 Å². The van der Waals surface area contributed by atoms with Crippen LogP contribution in [0.15, 0.2) is 12.1 Å². The molecule has 0 fully saturated rings. The van der Waals surface area contributed by atoms with Gasteiger partial charge in [0.1, 0.15) is 5.82 Å². The summed E-state index contributed by atoms with van der Waals surface area (Å²) in [5.41, 5.74) is -0.243. The van der Waals surface area contributed by atoms with Crippen LogP contribution in [0.25, 0.3) is 0 Å². The first-order valence-corrected chi connectivity index (χ1v) is 5.66. The Balaban J connectivity index is 2.99. The van der Waals surface area contributed by atoms with Gasteiger partial charge in [0.25, 0.3) is 0 Å². The van der Waals surface area contributed by atoms with Gasteiger partial charge in [-0.05, 0) is 0 Å². The van der Waals surface area contributed by atoms with Gasteiger partial charge < -0.3 is 14.7 Å². The quantitative estimate of drug-likeness (QED) is 0.881. The zero-order chi connectivity index (χ0) is 13.9. The van der Waals surface area contributed by atoms with Crippen LogP contribution in [0.1, 0.15) is 13.8 Å². The number of methoxy groups -OCH3 is 1. The first-order valence-electron chi connectivity index (χ1n) is 5.66. The van der Waals surface area contributed by atoms with E-state index in [1.807, 2.05) is 13.8 Å². The number of rotatable bonds is 5. The molecule has 0 spiro atoms. The third-order valence-corrected chi connectivity index (χ3v) is 2.73. The van der Waals surface area contributed by atoms with Crippen LogP contribution in [0, 0.1) is 17.0 Å². The van der Waals surface area contributed by atoms with Crippen LogP contribution in [0.4, 0.5) is 14.5 Å². The maximum atomic E-state index is 13.8. The van der Waals surface area contributed by atoms with Gasteiger partial charge in [-0.25, -0.2) is 8.78 Å². The molecule has 1 aromatic carbocycles. The van der Waals surface area contributed by atoms with Gasteiger partial charge >= 0.3 is 0 Å². The molecule has 1 N–H and O–H groups in total. The Morgan fingerprint density at radius 2 is 1.89 bits per heavy atom. The molecule has 0 radical (unpaired) electrons. The molecule has 0 saturated carbocycles. The van der Waals surface area contributed by atoms with E-state index in [1.165, 1.54) is 7.11 Å². The van der Waals surface area contributed by atoms with Gasteiger partial charge in [-0.2, -0.15) is 0 Å². The van der Waals surface area contributed by atoms with Crippen molar-refractivity contribution in [3.8, 4) is 5.75 Å². The zero-order valence-corrected chi connectivity index (χ0v) is 11.1. The average molecular weight is 259 g/mol. The Morgan fingerprint density at radius 1 is 1.28 bits per heavy atom. The summed E-state index contributed by atoms with van der Waals surface area (Å²) >= 11 is 0. The smallest absolute Gasteiger partial charge is 0.167 e. The van der Waals surface area contributed by atoms with Gasteiger partial charge in [-0.3, -0.25) is 0 Å². The van der Waals surface area contributed by atoms with E-state index in [0.29, 0.717) is 6.54 Å². The largest absolute Gasteiger partial charge is 0.494 e.